The van der Waals surface area contributed by atoms with Gasteiger partial charge < -0.3 is 5.32 Å². The van der Waals surface area contributed by atoms with E-state index < -0.39 is 9.84 Å². The second-order valence-electron chi connectivity index (χ2n) is 5.84. The predicted octanol–water partition coefficient (Wildman–Crippen LogP) is 1.09. The molecule has 0 amide bonds. The molecule has 0 bridgehead atoms. The Labute approximate surface area is 130 Å². The number of hydrogen-bond donors (Lipinski definition) is 1. The first-order valence-corrected chi connectivity index (χ1v) is 9.51. The van der Waals surface area contributed by atoms with Crippen molar-refractivity contribution in [2.24, 2.45) is 0 Å². The van der Waals surface area contributed by atoms with Gasteiger partial charge in [0.15, 0.2) is 9.84 Å². The second-order valence-corrected chi connectivity index (χ2v) is 8.40. The fourth-order valence-corrected chi connectivity index (χ4v) is 5.42. The Hall–Kier alpha value is -0.690. The van der Waals surface area contributed by atoms with Crippen LogP contribution in [0, 0.1) is 0 Å². The van der Waals surface area contributed by atoms with Gasteiger partial charge in [-0.1, -0.05) is 11.6 Å². The summed E-state index contributed by atoms with van der Waals surface area (Å²) in [6.07, 6.45) is 5.65. The minimum Gasteiger partial charge on any atom is -0.307 e. The normalized spacial score (nSPS) is 29.0. The van der Waals surface area contributed by atoms with Gasteiger partial charge in [0.2, 0.25) is 0 Å². The number of halogens is 1. The highest BCUT2D eigenvalue weighted by Gasteiger charge is 2.41. The van der Waals surface area contributed by atoms with Crippen LogP contribution >= 0.6 is 11.6 Å². The number of nitrogens with zero attached hydrogens (tertiary/aromatic N) is 2. The number of sulfone groups is 1. The lowest BCUT2D eigenvalue weighted by atomic mass is 10.1. The van der Waals surface area contributed by atoms with Gasteiger partial charge in [0.05, 0.1) is 16.5 Å². The fourth-order valence-electron chi connectivity index (χ4n) is 3.25. The van der Waals surface area contributed by atoms with Gasteiger partial charge in [-0.2, -0.15) is 0 Å². The van der Waals surface area contributed by atoms with E-state index in [1.807, 2.05) is 6.07 Å². The van der Waals surface area contributed by atoms with Crippen LogP contribution in [0.25, 0.3) is 0 Å². The zero-order chi connectivity index (χ0) is 14.9. The van der Waals surface area contributed by atoms with Gasteiger partial charge in [0, 0.05) is 31.0 Å². The number of hydrogen-bond acceptors (Lipinski definition) is 5. The highest BCUT2D eigenvalue weighted by atomic mass is 35.5. The van der Waals surface area contributed by atoms with Crippen LogP contribution in [0.3, 0.4) is 0 Å². The Bertz CT molecular complexity index is 602. The monoisotopic (exact) mass is 329 g/mol. The Morgan fingerprint density at radius 1 is 1.33 bits per heavy atom. The zero-order valence-electron chi connectivity index (χ0n) is 11.8. The van der Waals surface area contributed by atoms with Crippen LogP contribution < -0.4 is 5.32 Å². The molecule has 2 unspecified atom stereocenters. The predicted molar refractivity (Wildman–Crippen MR) is 83.1 cm³/mol. The quantitative estimate of drug-likeness (QED) is 0.896. The summed E-state index contributed by atoms with van der Waals surface area (Å²) in [5.41, 5.74) is 0.955. The van der Waals surface area contributed by atoms with Crippen LogP contribution in [0.1, 0.15) is 18.4 Å². The van der Waals surface area contributed by atoms with Crippen molar-refractivity contribution >= 4 is 21.4 Å². The maximum atomic E-state index is 12.0. The third-order valence-corrected chi connectivity index (χ3v) is 6.40. The number of pyridine rings is 1. The first-order chi connectivity index (χ1) is 10.1. The lowest BCUT2D eigenvalue weighted by Crippen LogP contribution is -2.48. The van der Waals surface area contributed by atoms with Gasteiger partial charge in [-0.3, -0.25) is 9.88 Å². The Kier molecular flexibility index (Phi) is 4.49. The molecule has 5 nitrogen and oxygen atoms in total. The van der Waals surface area contributed by atoms with E-state index in [0.29, 0.717) is 11.6 Å². The Balaban J connectivity index is 1.69. The summed E-state index contributed by atoms with van der Waals surface area (Å²) in [5.74, 6) is 0.492. The molecule has 2 atom stereocenters. The fraction of sp³-hybridized carbons (Fsp3) is 0.643. The number of nitrogens with one attached hydrogen (secondary N) is 1. The minimum absolute atomic E-state index is 0.0164. The maximum absolute atomic E-state index is 12.0. The van der Waals surface area contributed by atoms with Gasteiger partial charge >= 0.3 is 0 Å². The van der Waals surface area contributed by atoms with Gasteiger partial charge in [-0.05, 0) is 37.6 Å². The van der Waals surface area contributed by atoms with E-state index in [-0.39, 0.29) is 23.6 Å². The molecule has 2 fully saturated rings. The molecule has 116 valence electrons. The van der Waals surface area contributed by atoms with Crippen molar-refractivity contribution in [3.63, 3.8) is 0 Å². The molecule has 2 aliphatic rings. The first kappa shape index (κ1) is 15.2. The van der Waals surface area contributed by atoms with Crippen LogP contribution in [0.15, 0.2) is 18.5 Å². The molecule has 1 N–H and O–H groups in total. The molecule has 1 aromatic rings. The minimum atomic E-state index is -2.95. The van der Waals surface area contributed by atoms with E-state index >= 15 is 0 Å². The summed E-state index contributed by atoms with van der Waals surface area (Å²) in [5, 5.41) is 4.00. The lowest BCUT2D eigenvalue weighted by Gasteiger charge is -2.28. The summed E-state index contributed by atoms with van der Waals surface area (Å²) < 4.78 is 24.0. The van der Waals surface area contributed by atoms with Gasteiger partial charge in [-0.15, -0.1) is 0 Å². The first-order valence-electron chi connectivity index (χ1n) is 7.31. The third-order valence-electron chi connectivity index (χ3n) is 4.34. The van der Waals surface area contributed by atoms with Gasteiger partial charge in [0.1, 0.15) is 0 Å². The summed E-state index contributed by atoms with van der Waals surface area (Å²) in [6.45, 7) is 2.59. The Morgan fingerprint density at radius 3 is 2.81 bits per heavy atom. The molecule has 2 aliphatic heterocycles. The zero-order valence-corrected chi connectivity index (χ0v) is 13.4. The van der Waals surface area contributed by atoms with Crippen molar-refractivity contribution in [2.45, 2.75) is 31.5 Å². The third kappa shape index (κ3) is 3.56. The van der Waals surface area contributed by atoms with Crippen LogP contribution in [0.5, 0.6) is 0 Å². The largest absolute Gasteiger partial charge is 0.307 e. The SMILES string of the molecule is O=S1(=O)CC(NCc2ccncc2Cl)C(N2CCCC2)C1. The molecule has 0 saturated carbocycles. The van der Waals surface area contributed by atoms with Crippen LogP contribution in [0.4, 0.5) is 0 Å². The molecular formula is C14H20ClN3O2S. The molecule has 0 aromatic carbocycles. The van der Waals surface area contributed by atoms with Gasteiger partial charge in [0.25, 0.3) is 0 Å². The van der Waals surface area contributed by atoms with E-state index in [2.05, 4.69) is 15.2 Å². The maximum Gasteiger partial charge on any atom is 0.153 e. The van der Waals surface area contributed by atoms with Crippen molar-refractivity contribution in [3.05, 3.63) is 29.0 Å². The van der Waals surface area contributed by atoms with E-state index in [4.69, 9.17) is 11.6 Å². The summed E-state index contributed by atoms with van der Waals surface area (Å²) >= 11 is 6.10. The molecular weight excluding hydrogens is 310 g/mol. The lowest BCUT2D eigenvalue weighted by molar-refractivity contribution is 0.226. The molecule has 0 spiro atoms. The van der Waals surface area contributed by atoms with Crippen LogP contribution in [0.2, 0.25) is 5.02 Å². The molecule has 2 saturated heterocycles. The van der Waals surface area contributed by atoms with Crippen LogP contribution in [-0.2, 0) is 16.4 Å². The standard InChI is InChI=1S/C14H20ClN3O2S/c15-12-8-16-4-3-11(12)7-17-13-9-21(19,20)10-14(13)18-5-1-2-6-18/h3-4,8,13-14,17H,1-2,5-7,9-10H2. The van der Waals surface area contributed by atoms with E-state index in [1.54, 1.807) is 12.4 Å². The van der Waals surface area contributed by atoms with E-state index in [9.17, 15) is 8.42 Å². The van der Waals surface area contributed by atoms with Crippen molar-refractivity contribution < 1.29 is 8.42 Å². The average Bonchev–Trinajstić information content (AvgIpc) is 3.05. The Morgan fingerprint density at radius 2 is 2.10 bits per heavy atom. The molecule has 0 radical (unpaired) electrons. The number of likely N-dealkylation sites (tertiary alicyclic amines) is 1. The molecule has 3 rings (SSSR count). The average molecular weight is 330 g/mol. The van der Waals surface area contributed by atoms with Crippen molar-refractivity contribution in [3.8, 4) is 0 Å². The van der Waals surface area contributed by atoms with Gasteiger partial charge in [-0.25, -0.2) is 8.42 Å². The smallest absolute Gasteiger partial charge is 0.153 e. The van der Waals surface area contributed by atoms with Crippen LogP contribution in [-0.4, -0.2) is 55.0 Å². The summed E-state index contributed by atoms with van der Waals surface area (Å²) in [4.78, 5) is 6.28. The summed E-state index contributed by atoms with van der Waals surface area (Å²) in [6, 6.07) is 1.94. The topological polar surface area (TPSA) is 62.3 Å². The number of aromatic nitrogens is 1. The van der Waals surface area contributed by atoms with E-state index in [0.717, 1.165) is 18.7 Å². The molecule has 3 heterocycles. The number of rotatable bonds is 4. The molecule has 7 heteroatoms. The van der Waals surface area contributed by atoms with Crippen molar-refractivity contribution in [2.75, 3.05) is 24.6 Å². The molecule has 21 heavy (non-hydrogen) atoms. The second kappa shape index (κ2) is 6.20. The van der Waals surface area contributed by atoms with Crippen molar-refractivity contribution in [1.29, 1.82) is 0 Å². The van der Waals surface area contributed by atoms with E-state index in [1.165, 1.54) is 12.8 Å². The highest BCUT2D eigenvalue weighted by Crippen LogP contribution is 2.23. The highest BCUT2D eigenvalue weighted by molar-refractivity contribution is 7.91. The molecule has 1 aromatic heterocycles. The molecule has 0 aliphatic carbocycles. The summed E-state index contributed by atoms with van der Waals surface area (Å²) in [7, 11) is -2.95. The van der Waals surface area contributed by atoms with Crippen molar-refractivity contribution in [1.82, 2.24) is 15.2 Å².